The number of carbonyl (C=O) groups excluding carboxylic acids is 3. The minimum Gasteiger partial charge on any atom is -0.488 e. The zero-order valence-electron chi connectivity index (χ0n) is 26.0. The summed E-state index contributed by atoms with van der Waals surface area (Å²) < 4.78 is 19.8. The predicted octanol–water partition coefficient (Wildman–Crippen LogP) is 5.94. The van der Waals surface area contributed by atoms with E-state index >= 15 is 0 Å². The Labute approximate surface area is 267 Å². The van der Waals surface area contributed by atoms with Crippen molar-refractivity contribution in [1.29, 1.82) is 0 Å². The van der Waals surface area contributed by atoms with Gasteiger partial charge in [-0.3, -0.25) is 4.79 Å². The second-order valence-electron chi connectivity index (χ2n) is 11.6. The van der Waals surface area contributed by atoms with Crippen molar-refractivity contribution in [2.75, 3.05) is 42.7 Å². The van der Waals surface area contributed by atoms with Gasteiger partial charge in [0.15, 0.2) is 0 Å². The number of benzene rings is 4. The summed E-state index contributed by atoms with van der Waals surface area (Å²) in [4.78, 5) is 42.7. The van der Waals surface area contributed by atoms with E-state index in [0.29, 0.717) is 34.9 Å². The van der Waals surface area contributed by atoms with E-state index in [0.717, 1.165) is 10.8 Å². The summed E-state index contributed by atoms with van der Waals surface area (Å²) >= 11 is 0. The van der Waals surface area contributed by atoms with Gasteiger partial charge in [-0.2, -0.15) is 0 Å². The number of aliphatic hydroxyl groups excluding tert-OH is 1. The minimum atomic E-state index is -0.532. The van der Waals surface area contributed by atoms with Gasteiger partial charge in [0.25, 0.3) is 0 Å². The van der Waals surface area contributed by atoms with Gasteiger partial charge in [-0.15, -0.1) is 0 Å². The molecule has 0 aromatic heterocycles. The molecule has 1 heterocycles. The number of ether oxygens (including phenoxy) is 1. The first-order valence-corrected chi connectivity index (χ1v) is 15.1. The lowest BCUT2D eigenvalue weighted by atomic mass is 10.0. The summed E-state index contributed by atoms with van der Waals surface area (Å²) in [6.45, 7) is 3.96. The molecule has 10 nitrogen and oxygen atoms in total. The third kappa shape index (κ3) is 7.73. The Kier molecular flexibility index (Phi) is 10.0. The first-order valence-electron chi connectivity index (χ1n) is 15.1. The van der Waals surface area contributed by atoms with E-state index in [1.165, 1.54) is 29.2 Å². The van der Waals surface area contributed by atoms with Crippen LogP contribution in [0.15, 0.2) is 84.9 Å². The van der Waals surface area contributed by atoms with E-state index in [1.54, 1.807) is 37.1 Å². The van der Waals surface area contributed by atoms with Gasteiger partial charge in [0, 0.05) is 41.8 Å². The summed E-state index contributed by atoms with van der Waals surface area (Å²) in [6.07, 6.45) is -0.545. The van der Waals surface area contributed by atoms with E-state index in [2.05, 4.69) is 16.0 Å². The molecular formula is C35H38FN5O5. The van der Waals surface area contributed by atoms with Crippen LogP contribution in [0.4, 0.5) is 31.0 Å². The topological polar surface area (TPSA) is 123 Å². The number of nitrogens with zero attached hydrogens (tertiary/aromatic N) is 2. The SMILES string of the molecule is C[C@H](CO)N1C[C@H](C)[C@@H](CN(C)C(=O)Nc2ccc(F)cc2)Oc2ccc(NC(=O)Nc3cccc4ccccc34)cc2CC1=O. The molecule has 3 atom stereocenters. The lowest BCUT2D eigenvalue weighted by molar-refractivity contribution is -0.134. The average Bonchev–Trinajstić information content (AvgIpc) is 3.09. The van der Waals surface area contributed by atoms with Crippen LogP contribution in [-0.2, 0) is 11.2 Å². The number of nitrogens with one attached hydrogen (secondary N) is 3. The van der Waals surface area contributed by atoms with Crippen molar-refractivity contribution < 1.29 is 28.6 Å². The van der Waals surface area contributed by atoms with E-state index < -0.39 is 30.0 Å². The fraction of sp³-hybridized carbons (Fsp3) is 0.286. The van der Waals surface area contributed by atoms with Crippen LogP contribution in [0.2, 0.25) is 0 Å². The minimum absolute atomic E-state index is 0.0134. The predicted molar refractivity (Wildman–Crippen MR) is 177 cm³/mol. The highest BCUT2D eigenvalue weighted by Crippen LogP contribution is 2.30. The molecule has 0 fully saturated rings. The highest BCUT2D eigenvalue weighted by Gasteiger charge is 2.32. The van der Waals surface area contributed by atoms with Crippen molar-refractivity contribution in [2.45, 2.75) is 32.4 Å². The lowest BCUT2D eigenvalue weighted by Crippen LogP contribution is -2.48. The Hall–Kier alpha value is -5.16. The molecule has 46 heavy (non-hydrogen) atoms. The zero-order valence-corrected chi connectivity index (χ0v) is 26.0. The molecule has 4 aromatic rings. The summed E-state index contributed by atoms with van der Waals surface area (Å²) in [5.74, 6) is -0.373. The van der Waals surface area contributed by atoms with Crippen molar-refractivity contribution >= 4 is 45.8 Å². The molecule has 1 aliphatic rings. The quantitative estimate of drug-likeness (QED) is 0.202. The molecular weight excluding hydrogens is 589 g/mol. The monoisotopic (exact) mass is 627 g/mol. The van der Waals surface area contributed by atoms with Crippen LogP contribution in [0.3, 0.4) is 0 Å². The maximum atomic E-state index is 13.6. The van der Waals surface area contributed by atoms with Crippen LogP contribution in [0, 0.1) is 11.7 Å². The van der Waals surface area contributed by atoms with Gasteiger partial charge in [0.05, 0.1) is 31.3 Å². The van der Waals surface area contributed by atoms with E-state index in [9.17, 15) is 23.9 Å². The highest BCUT2D eigenvalue weighted by molar-refractivity contribution is 6.06. The third-order valence-corrected chi connectivity index (χ3v) is 8.11. The van der Waals surface area contributed by atoms with E-state index in [-0.39, 0.29) is 31.4 Å². The van der Waals surface area contributed by atoms with E-state index in [4.69, 9.17) is 4.74 Å². The largest absolute Gasteiger partial charge is 0.488 e. The van der Waals surface area contributed by atoms with Gasteiger partial charge in [-0.1, -0.05) is 43.3 Å². The maximum Gasteiger partial charge on any atom is 0.323 e. The Morgan fingerprint density at radius 2 is 1.72 bits per heavy atom. The van der Waals surface area contributed by atoms with Gasteiger partial charge in [0.2, 0.25) is 5.91 Å². The molecule has 0 saturated heterocycles. The molecule has 5 rings (SSSR count). The Balaban J connectivity index is 1.36. The number of fused-ring (bicyclic) bond motifs is 2. The normalized spacial score (nSPS) is 17.1. The molecule has 0 radical (unpaired) electrons. The number of urea groups is 2. The van der Waals surface area contributed by atoms with Crippen LogP contribution >= 0.6 is 0 Å². The Morgan fingerprint density at radius 1 is 1.00 bits per heavy atom. The van der Waals surface area contributed by atoms with Crippen LogP contribution in [0.1, 0.15) is 19.4 Å². The van der Waals surface area contributed by atoms with Crippen LogP contribution < -0.4 is 20.7 Å². The molecule has 0 saturated carbocycles. The number of carbonyl (C=O) groups is 3. The Bertz CT molecular complexity index is 1710. The van der Waals surface area contributed by atoms with Crippen molar-refractivity contribution in [1.82, 2.24) is 9.80 Å². The smallest absolute Gasteiger partial charge is 0.323 e. The number of anilines is 3. The second-order valence-corrected chi connectivity index (χ2v) is 11.6. The van der Waals surface area contributed by atoms with Gasteiger partial charge in [0.1, 0.15) is 17.7 Å². The van der Waals surface area contributed by atoms with Gasteiger partial charge in [-0.25, -0.2) is 14.0 Å². The number of halogens is 1. The number of aliphatic hydroxyl groups is 1. The highest BCUT2D eigenvalue weighted by atomic mass is 19.1. The third-order valence-electron chi connectivity index (χ3n) is 8.11. The van der Waals surface area contributed by atoms with Gasteiger partial charge in [-0.05, 0) is 60.8 Å². The molecule has 0 unspecified atom stereocenters. The molecule has 0 bridgehead atoms. The number of amides is 5. The van der Waals surface area contributed by atoms with Gasteiger partial charge < -0.3 is 35.6 Å². The van der Waals surface area contributed by atoms with Crippen molar-refractivity contribution in [3.8, 4) is 5.75 Å². The zero-order chi connectivity index (χ0) is 32.8. The average molecular weight is 628 g/mol. The molecule has 1 aliphatic heterocycles. The van der Waals surface area contributed by atoms with Crippen LogP contribution in [0.25, 0.3) is 10.8 Å². The second kappa shape index (κ2) is 14.3. The fourth-order valence-electron chi connectivity index (χ4n) is 5.45. The maximum absolute atomic E-state index is 13.6. The van der Waals surface area contributed by atoms with E-state index in [1.807, 2.05) is 49.4 Å². The molecule has 4 aromatic carbocycles. The van der Waals surface area contributed by atoms with Crippen LogP contribution in [0.5, 0.6) is 5.75 Å². The fourth-order valence-corrected chi connectivity index (χ4v) is 5.45. The number of hydrogen-bond acceptors (Lipinski definition) is 5. The summed E-state index contributed by atoms with van der Waals surface area (Å²) in [5.41, 5.74) is 2.13. The lowest BCUT2D eigenvalue weighted by Gasteiger charge is -2.34. The molecule has 0 spiro atoms. The Morgan fingerprint density at radius 3 is 2.48 bits per heavy atom. The molecule has 5 amide bonds. The van der Waals surface area contributed by atoms with Crippen molar-refractivity contribution in [3.05, 3.63) is 96.3 Å². The summed E-state index contributed by atoms with van der Waals surface area (Å²) in [6, 6.07) is 22.7. The molecule has 0 aliphatic carbocycles. The number of rotatable bonds is 7. The summed E-state index contributed by atoms with van der Waals surface area (Å²) in [7, 11) is 1.63. The van der Waals surface area contributed by atoms with Gasteiger partial charge >= 0.3 is 12.1 Å². The number of likely N-dealkylation sites (N-methyl/N-ethyl adjacent to an activating group) is 1. The van der Waals surface area contributed by atoms with Crippen LogP contribution in [-0.4, -0.2) is 71.8 Å². The first kappa shape index (κ1) is 32.2. The van der Waals surface area contributed by atoms with Crippen molar-refractivity contribution in [3.63, 3.8) is 0 Å². The standard InChI is InChI=1S/C35H38FN5O5/c1-22-19-41(23(2)21-42)33(43)18-25-17-28(37-34(44)39-30-10-6-8-24-7-4-5-9-29(24)30)15-16-31(25)46-32(22)20-40(3)35(45)38-27-13-11-26(36)12-14-27/h4-17,22-23,32,42H,18-21H2,1-3H3,(H,38,45)(H2,37,39,44)/t22-,23+,32+/m0/s1. The molecule has 4 N–H and O–H groups in total. The number of hydrogen-bond donors (Lipinski definition) is 4. The summed E-state index contributed by atoms with van der Waals surface area (Å²) in [5, 5.41) is 20.3. The van der Waals surface area contributed by atoms with Crippen molar-refractivity contribution in [2.24, 2.45) is 5.92 Å². The molecule has 240 valence electrons. The first-order chi connectivity index (χ1) is 22.1. The molecule has 11 heteroatoms.